The number of nitrogens with zero attached hydrogens (tertiary/aromatic N) is 1. The zero-order valence-electron chi connectivity index (χ0n) is 16.2. The molecule has 0 saturated carbocycles. The SMILES string of the molecule is CCCCCCCCCCCC(=O)N/N=C(/C)c1ccc2c(c1)OCO2. The lowest BCUT2D eigenvalue weighted by Gasteiger charge is -2.05. The van der Waals surface area contributed by atoms with Crippen molar-refractivity contribution >= 4 is 11.6 Å². The lowest BCUT2D eigenvalue weighted by Crippen LogP contribution is -2.18. The highest BCUT2D eigenvalue weighted by molar-refractivity contribution is 5.99. The first-order valence-electron chi connectivity index (χ1n) is 9.94. The van der Waals surface area contributed by atoms with Crippen LogP contribution < -0.4 is 14.9 Å². The Kier molecular flexibility index (Phi) is 9.01. The molecule has 1 aromatic carbocycles. The van der Waals surface area contributed by atoms with Crippen LogP contribution in [0.1, 0.15) is 83.6 Å². The maximum Gasteiger partial charge on any atom is 0.240 e. The molecule has 1 heterocycles. The van der Waals surface area contributed by atoms with E-state index in [0.29, 0.717) is 6.42 Å². The maximum absolute atomic E-state index is 11.9. The molecular weight excluding hydrogens is 328 g/mol. The van der Waals surface area contributed by atoms with E-state index in [2.05, 4.69) is 17.5 Å². The Morgan fingerprint density at radius 1 is 1.00 bits per heavy atom. The number of carbonyl (C=O) groups is 1. The standard InChI is InChI=1S/C21H32N2O3/c1-3-4-5-6-7-8-9-10-11-12-21(24)23-22-17(2)18-13-14-19-20(15-18)26-16-25-19/h13-15H,3-12,16H2,1-2H3,(H,23,24)/b22-17-. The topological polar surface area (TPSA) is 59.9 Å². The highest BCUT2D eigenvalue weighted by Gasteiger charge is 2.14. The predicted octanol–water partition coefficient (Wildman–Crippen LogP) is 5.18. The van der Waals surface area contributed by atoms with Gasteiger partial charge in [0, 0.05) is 12.0 Å². The maximum atomic E-state index is 11.9. The number of ether oxygens (including phenoxy) is 2. The van der Waals surface area contributed by atoms with Crippen LogP contribution in [0.5, 0.6) is 11.5 Å². The summed E-state index contributed by atoms with van der Waals surface area (Å²) in [4.78, 5) is 11.9. The van der Waals surface area contributed by atoms with Crippen molar-refractivity contribution in [3.8, 4) is 11.5 Å². The van der Waals surface area contributed by atoms with Crippen molar-refractivity contribution in [1.29, 1.82) is 0 Å². The minimum atomic E-state index is -0.0203. The van der Waals surface area contributed by atoms with Crippen LogP contribution in [0.25, 0.3) is 0 Å². The third-order valence-corrected chi connectivity index (χ3v) is 4.65. The number of carbonyl (C=O) groups excluding carboxylic acids is 1. The Morgan fingerprint density at radius 2 is 1.65 bits per heavy atom. The molecule has 1 aromatic rings. The van der Waals surface area contributed by atoms with Crippen LogP contribution >= 0.6 is 0 Å². The summed E-state index contributed by atoms with van der Waals surface area (Å²) in [5.74, 6) is 1.45. The summed E-state index contributed by atoms with van der Waals surface area (Å²) in [7, 11) is 0. The molecule has 0 atom stereocenters. The number of nitrogens with one attached hydrogen (secondary N) is 1. The van der Waals surface area contributed by atoms with Crippen LogP contribution in [0.2, 0.25) is 0 Å². The Morgan fingerprint density at radius 3 is 2.38 bits per heavy atom. The number of hydrogen-bond donors (Lipinski definition) is 1. The quantitative estimate of drug-likeness (QED) is 0.317. The van der Waals surface area contributed by atoms with E-state index in [0.717, 1.165) is 35.6 Å². The normalized spacial score (nSPS) is 13.1. The second-order valence-corrected chi connectivity index (χ2v) is 6.88. The van der Waals surface area contributed by atoms with E-state index in [1.54, 1.807) is 0 Å². The Balaban J connectivity index is 1.58. The average Bonchev–Trinajstić information content (AvgIpc) is 3.12. The molecule has 26 heavy (non-hydrogen) atoms. The smallest absolute Gasteiger partial charge is 0.240 e. The third-order valence-electron chi connectivity index (χ3n) is 4.65. The summed E-state index contributed by atoms with van der Waals surface area (Å²) in [6.45, 7) is 4.37. The zero-order valence-corrected chi connectivity index (χ0v) is 16.2. The van der Waals surface area contributed by atoms with Crippen molar-refractivity contribution in [1.82, 2.24) is 5.43 Å². The van der Waals surface area contributed by atoms with Crippen molar-refractivity contribution in [2.24, 2.45) is 5.10 Å². The molecular formula is C21H32N2O3. The molecule has 144 valence electrons. The Hall–Kier alpha value is -2.04. The number of benzene rings is 1. The number of fused-ring (bicyclic) bond motifs is 1. The van der Waals surface area contributed by atoms with Gasteiger partial charge in [-0.25, -0.2) is 5.43 Å². The summed E-state index contributed by atoms with van der Waals surface area (Å²) in [6.07, 6.45) is 11.8. The van der Waals surface area contributed by atoms with Crippen molar-refractivity contribution in [3.05, 3.63) is 23.8 Å². The lowest BCUT2D eigenvalue weighted by atomic mass is 10.1. The first-order valence-corrected chi connectivity index (χ1v) is 9.94. The van der Waals surface area contributed by atoms with Crippen molar-refractivity contribution in [3.63, 3.8) is 0 Å². The summed E-state index contributed by atoms with van der Waals surface area (Å²) in [5, 5.41) is 4.20. The first-order chi connectivity index (χ1) is 12.7. The first kappa shape index (κ1) is 20.3. The minimum absolute atomic E-state index is 0.0203. The van der Waals surface area contributed by atoms with Gasteiger partial charge in [0.25, 0.3) is 0 Å². The van der Waals surface area contributed by atoms with E-state index < -0.39 is 0 Å². The summed E-state index contributed by atoms with van der Waals surface area (Å²) in [6, 6.07) is 5.66. The molecule has 5 heteroatoms. The summed E-state index contributed by atoms with van der Waals surface area (Å²) < 4.78 is 10.7. The molecule has 0 saturated heterocycles. The van der Waals surface area contributed by atoms with Crippen molar-refractivity contribution in [2.75, 3.05) is 6.79 Å². The molecule has 1 N–H and O–H groups in total. The minimum Gasteiger partial charge on any atom is -0.454 e. The van der Waals surface area contributed by atoms with E-state index in [9.17, 15) is 4.79 Å². The van der Waals surface area contributed by atoms with Crippen LogP contribution in [0.15, 0.2) is 23.3 Å². The van der Waals surface area contributed by atoms with E-state index in [4.69, 9.17) is 9.47 Å². The van der Waals surface area contributed by atoms with Gasteiger partial charge in [-0.05, 0) is 31.5 Å². The fourth-order valence-corrected chi connectivity index (χ4v) is 2.98. The van der Waals surface area contributed by atoms with Crippen LogP contribution in [0.3, 0.4) is 0 Å². The molecule has 0 unspecified atom stereocenters. The Bertz CT molecular complexity index is 599. The van der Waals surface area contributed by atoms with Gasteiger partial charge in [0.05, 0.1) is 5.71 Å². The average molecular weight is 360 g/mol. The molecule has 5 nitrogen and oxygen atoms in total. The van der Waals surface area contributed by atoms with Gasteiger partial charge in [0.1, 0.15) is 0 Å². The second-order valence-electron chi connectivity index (χ2n) is 6.88. The summed E-state index contributed by atoms with van der Waals surface area (Å²) in [5.41, 5.74) is 4.32. The van der Waals surface area contributed by atoms with Gasteiger partial charge in [-0.2, -0.15) is 5.10 Å². The molecule has 0 radical (unpaired) electrons. The van der Waals surface area contributed by atoms with Gasteiger partial charge in [-0.1, -0.05) is 58.3 Å². The monoisotopic (exact) mass is 360 g/mol. The van der Waals surface area contributed by atoms with E-state index >= 15 is 0 Å². The molecule has 2 rings (SSSR count). The molecule has 0 aromatic heterocycles. The van der Waals surface area contributed by atoms with E-state index in [1.807, 2.05) is 25.1 Å². The zero-order chi connectivity index (χ0) is 18.6. The molecule has 0 bridgehead atoms. The number of rotatable bonds is 12. The van der Waals surface area contributed by atoms with Crippen LogP contribution in [-0.2, 0) is 4.79 Å². The number of hydrogen-bond acceptors (Lipinski definition) is 4. The Labute approximate surface area is 157 Å². The molecule has 0 aliphatic carbocycles. The van der Waals surface area contributed by atoms with E-state index in [1.165, 1.54) is 44.9 Å². The fraction of sp³-hybridized carbons (Fsp3) is 0.619. The number of hydrazone groups is 1. The van der Waals surface area contributed by atoms with Crippen molar-refractivity contribution in [2.45, 2.75) is 78.1 Å². The van der Waals surface area contributed by atoms with Gasteiger partial charge in [-0.15, -0.1) is 0 Å². The van der Waals surface area contributed by atoms with Gasteiger partial charge in [-0.3, -0.25) is 4.79 Å². The fourth-order valence-electron chi connectivity index (χ4n) is 2.98. The molecule has 1 aliphatic rings. The largest absolute Gasteiger partial charge is 0.454 e. The van der Waals surface area contributed by atoms with Gasteiger partial charge >= 0.3 is 0 Å². The second kappa shape index (κ2) is 11.6. The number of unbranched alkanes of at least 4 members (excludes halogenated alkanes) is 8. The van der Waals surface area contributed by atoms with Crippen LogP contribution in [-0.4, -0.2) is 18.4 Å². The molecule has 0 spiro atoms. The van der Waals surface area contributed by atoms with E-state index in [-0.39, 0.29) is 12.7 Å². The van der Waals surface area contributed by atoms with Crippen LogP contribution in [0, 0.1) is 0 Å². The molecule has 1 aliphatic heterocycles. The van der Waals surface area contributed by atoms with Crippen molar-refractivity contribution < 1.29 is 14.3 Å². The van der Waals surface area contributed by atoms with Gasteiger partial charge < -0.3 is 9.47 Å². The molecule has 1 amide bonds. The van der Waals surface area contributed by atoms with Crippen LogP contribution in [0.4, 0.5) is 0 Å². The highest BCUT2D eigenvalue weighted by atomic mass is 16.7. The predicted molar refractivity (Wildman–Crippen MR) is 105 cm³/mol. The number of amides is 1. The van der Waals surface area contributed by atoms with Gasteiger partial charge in [0.2, 0.25) is 12.7 Å². The van der Waals surface area contributed by atoms with Gasteiger partial charge in [0.15, 0.2) is 11.5 Å². The summed E-state index contributed by atoms with van der Waals surface area (Å²) >= 11 is 0. The lowest BCUT2D eigenvalue weighted by molar-refractivity contribution is -0.121. The molecule has 0 fully saturated rings. The highest BCUT2D eigenvalue weighted by Crippen LogP contribution is 2.32. The third kappa shape index (κ3) is 7.06.